The lowest BCUT2D eigenvalue weighted by molar-refractivity contribution is 0.551. The van der Waals surface area contributed by atoms with Gasteiger partial charge < -0.3 is 15.5 Å². The average Bonchev–Trinajstić information content (AvgIpc) is 2.59. The Hall–Kier alpha value is -1.69. The minimum atomic E-state index is 0.512. The third kappa shape index (κ3) is 2.04. The second-order valence-electron chi connectivity index (χ2n) is 3.18. The number of hydrogen-bond acceptors (Lipinski definition) is 6. The van der Waals surface area contributed by atoms with Crippen LogP contribution in [0, 0.1) is 6.92 Å². The van der Waals surface area contributed by atoms with Crippen molar-refractivity contribution in [2.45, 2.75) is 13.3 Å². The molecule has 0 radical (unpaired) electrons. The van der Waals surface area contributed by atoms with Crippen LogP contribution in [0.3, 0.4) is 0 Å². The van der Waals surface area contributed by atoms with Crippen LogP contribution in [0.2, 0.25) is 0 Å². The Morgan fingerprint density at radius 2 is 2.33 bits per heavy atom. The number of fused-ring (bicyclic) bond motifs is 1. The lowest BCUT2D eigenvalue weighted by Crippen LogP contribution is -2.09. The van der Waals surface area contributed by atoms with E-state index in [0.717, 1.165) is 13.0 Å². The highest BCUT2D eigenvalue weighted by Gasteiger charge is 2.08. The van der Waals surface area contributed by atoms with Gasteiger partial charge in [0.1, 0.15) is 6.33 Å². The predicted molar refractivity (Wildman–Crippen MR) is 56.5 cm³/mol. The molecule has 0 aliphatic carbocycles. The third-order valence-corrected chi connectivity index (χ3v) is 1.98. The zero-order valence-electron chi connectivity index (χ0n) is 8.53. The van der Waals surface area contributed by atoms with Crippen LogP contribution in [0.4, 0.5) is 5.82 Å². The van der Waals surface area contributed by atoms with Crippen molar-refractivity contribution in [3.63, 3.8) is 0 Å². The number of nitrogens with two attached hydrogens (primary N) is 1. The smallest absolute Gasteiger partial charge is 0.252 e. The molecule has 0 atom stereocenters. The van der Waals surface area contributed by atoms with Gasteiger partial charge in [-0.2, -0.15) is 4.98 Å². The molecule has 0 aliphatic heterocycles. The summed E-state index contributed by atoms with van der Waals surface area (Å²) in [5.41, 5.74) is 6.59. The van der Waals surface area contributed by atoms with E-state index in [2.05, 4.69) is 20.3 Å². The van der Waals surface area contributed by atoms with Crippen molar-refractivity contribution in [1.82, 2.24) is 15.0 Å². The molecule has 2 aromatic rings. The first-order valence-corrected chi connectivity index (χ1v) is 4.83. The van der Waals surface area contributed by atoms with Gasteiger partial charge >= 0.3 is 0 Å². The summed E-state index contributed by atoms with van der Waals surface area (Å²) in [4.78, 5) is 12.3. The second-order valence-corrected chi connectivity index (χ2v) is 3.18. The molecule has 0 saturated heterocycles. The number of anilines is 1. The summed E-state index contributed by atoms with van der Waals surface area (Å²) in [7, 11) is 0. The molecule has 3 N–H and O–H groups in total. The van der Waals surface area contributed by atoms with Gasteiger partial charge in [0.25, 0.3) is 5.71 Å². The van der Waals surface area contributed by atoms with Gasteiger partial charge in [0.05, 0.1) is 0 Å². The van der Waals surface area contributed by atoms with E-state index < -0.39 is 0 Å². The molecule has 15 heavy (non-hydrogen) atoms. The summed E-state index contributed by atoms with van der Waals surface area (Å²) < 4.78 is 5.29. The fourth-order valence-electron chi connectivity index (χ4n) is 1.30. The maximum atomic E-state index is 5.40. The molecule has 0 spiro atoms. The summed E-state index contributed by atoms with van der Waals surface area (Å²) in [5, 5.41) is 3.15. The maximum absolute atomic E-state index is 5.40. The van der Waals surface area contributed by atoms with Gasteiger partial charge in [0, 0.05) is 13.5 Å². The van der Waals surface area contributed by atoms with Gasteiger partial charge in [-0.3, -0.25) is 0 Å². The molecule has 2 rings (SSSR count). The normalized spacial score (nSPS) is 10.8. The van der Waals surface area contributed by atoms with Crippen molar-refractivity contribution < 1.29 is 4.42 Å². The van der Waals surface area contributed by atoms with Crippen LogP contribution in [-0.2, 0) is 0 Å². The molecule has 80 valence electrons. The fourth-order valence-corrected chi connectivity index (χ4v) is 1.30. The number of nitrogens with one attached hydrogen (secondary N) is 1. The van der Waals surface area contributed by atoms with Crippen molar-refractivity contribution in [3.05, 3.63) is 12.2 Å². The van der Waals surface area contributed by atoms with E-state index in [1.807, 2.05) is 0 Å². The Morgan fingerprint density at radius 3 is 3.13 bits per heavy atom. The first-order chi connectivity index (χ1) is 7.31. The van der Waals surface area contributed by atoms with E-state index in [-0.39, 0.29) is 0 Å². The monoisotopic (exact) mass is 207 g/mol. The summed E-state index contributed by atoms with van der Waals surface area (Å²) >= 11 is 0. The van der Waals surface area contributed by atoms with Gasteiger partial charge in [0.2, 0.25) is 0 Å². The van der Waals surface area contributed by atoms with Gasteiger partial charge in [-0.25, -0.2) is 9.97 Å². The lowest BCUT2D eigenvalue weighted by atomic mass is 10.4. The minimum Gasteiger partial charge on any atom is -0.422 e. The van der Waals surface area contributed by atoms with Crippen LogP contribution >= 0.6 is 0 Å². The predicted octanol–water partition coefficient (Wildman–Crippen LogP) is 0.687. The number of rotatable bonds is 4. The number of aryl methyl sites for hydroxylation is 1. The van der Waals surface area contributed by atoms with Crippen LogP contribution in [-0.4, -0.2) is 28.0 Å². The zero-order valence-corrected chi connectivity index (χ0v) is 8.53. The zero-order chi connectivity index (χ0) is 10.7. The Kier molecular flexibility index (Phi) is 2.77. The van der Waals surface area contributed by atoms with Crippen molar-refractivity contribution in [2.75, 3.05) is 18.4 Å². The van der Waals surface area contributed by atoms with Gasteiger partial charge in [0.15, 0.2) is 17.2 Å². The number of aromatic nitrogens is 3. The molecule has 6 nitrogen and oxygen atoms in total. The lowest BCUT2D eigenvalue weighted by Gasteiger charge is -2.02. The number of nitrogens with zero attached hydrogens (tertiary/aromatic N) is 3. The minimum absolute atomic E-state index is 0.512. The molecule has 6 heteroatoms. The molecule has 0 amide bonds. The third-order valence-electron chi connectivity index (χ3n) is 1.98. The molecule has 0 bridgehead atoms. The Morgan fingerprint density at radius 1 is 1.47 bits per heavy atom. The fraction of sp³-hybridized carbons (Fsp3) is 0.444. The number of oxazole rings is 1. The SMILES string of the molecule is Cc1nc2c(NCCCN)ncnc2o1. The highest BCUT2D eigenvalue weighted by atomic mass is 16.4. The summed E-state index contributed by atoms with van der Waals surface area (Å²) in [6.07, 6.45) is 2.35. The second kappa shape index (κ2) is 4.22. The molecule has 2 aromatic heterocycles. The molecule has 0 aromatic carbocycles. The average molecular weight is 207 g/mol. The highest BCUT2D eigenvalue weighted by Crippen LogP contribution is 2.18. The van der Waals surface area contributed by atoms with Gasteiger partial charge in [-0.05, 0) is 13.0 Å². The Labute approximate surface area is 86.9 Å². The largest absolute Gasteiger partial charge is 0.422 e. The van der Waals surface area contributed by atoms with Crippen molar-refractivity contribution >= 4 is 17.0 Å². The molecular formula is C9H13N5O. The van der Waals surface area contributed by atoms with E-state index in [0.29, 0.717) is 29.5 Å². The van der Waals surface area contributed by atoms with Crippen molar-refractivity contribution in [2.24, 2.45) is 5.73 Å². The first kappa shape index (κ1) is 9.85. The summed E-state index contributed by atoms with van der Waals surface area (Å²) in [5.74, 6) is 1.29. The summed E-state index contributed by atoms with van der Waals surface area (Å²) in [6.45, 7) is 3.21. The van der Waals surface area contributed by atoms with E-state index >= 15 is 0 Å². The molecule has 0 aliphatic rings. The number of hydrogen-bond donors (Lipinski definition) is 2. The van der Waals surface area contributed by atoms with Gasteiger partial charge in [-0.15, -0.1) is 0 Å². The first-order valence-electron chi connectivity index (χ1n) is 4.83. The maximum Gasteiger partial charge on any atom is 0.252 e. The van der Waals surface area contributed by atoms with Crippen LogP contribution in [0.1, 0.15) is 12.3 Å². The van der Waals surface area contributed by atoms with Gasteiger partial charge in [-0.1, -0.05) is 0 Å². The van der Waals surface area contributed by atoms with Crippen LogP contribution < -0.4 is 11.1 Å². The van der Waals surface area contributed by atoms with Crippen LogP contribution in [0.15, 0.2) is 10.7 Å². The Balaban J connectivity index is 2.25. The topological polar surface area (TPSA) is 89.9 Å². The molecule has 2 heterocycles. The summed E-state index contributed by atoms with van der Waals surface area (Å²) in [6, 6.07) is 0. The van der Waals surface area contributed by atoms with E-state index in [4.69, 9.17) is 10.2 Å². The van der Waals surface area contributed by atoms with Crippen LogP contribution in [0.25, 0.3) is 11.2 Å². The van der Waals surface area contributed by atoms with E-state index in [9.17, 15) is 0 Å². The molecule has 0 unspecified atom stereocenters. The Bertz CT molecular complexity index is 453. The van der Waals surface area contributed by atoms with E-state index in [1.165, 1.54) is 6.33 Å². The van der Waals surface area contributed by atoms with Crippen LogP contribution in [0.5, 0.6) is 0 Å². The molecule has 0 saturated carbocycles. The standard InChI is InChI=1S/C9H13N5O/c1-6-14-7-8(11-4-2-3-10)12-5-13-9(7)15-6/h5H,2-4,10H2,1H3,(H,11,12,13). The quantitative estimate of drug-likeness (QED) is 0.717. The highest BCUT2D eigenvalue weighted by molar-refractivity contribution is 5.80. The van der Waals surface area contributed by atoms with Crippen molar-refractivity contribution in [1.29, 1.82) is 0 Å². The molecular weight excluding hydrogens is 194 g/mol. The van der Waals surface area contributed by atoms with Crippen molar-refractivity contribution in [3.8, 4) is 0 Å². The molecule has 0 fully saturated rings. The van der Waals surface area contributed by atoms with E-state index in [1.54, 1.807) is 6.92 Å².